The predicted octanol–water partition coefficient (Wildman–Crippen LogP) is 4.03. The maximum Gasteiger partial charge on any atom is 0.129 e. The highest BCUT2D eigenvalue weighted by Gasteiger charge is 2.20. The van der Waals surface area contributed by atoms with Crippen LogP contribution in [0.1, 0.15) is 28.2 Å². The summed E-state index contributed by atoms with van der Waals surface area (Å²) in [6, 6.07) is 9.94. The van der Waals surface area contributed by atoms with Gasteiger partial charge in [-0.2, -0.15) is 0 Å². The molecule has 0 radical (unpaired) electrons. The molecule has 0 unspecified atom stereocenters. The van der Waals surface area contributed by atoms with Gasteiger partial charge in [-0.1, -0.05) is 6.07 Å². The summed E-state index contributed by atoms with van der Waals surface area (Å²) in [6.07, 6.45) is 2.61. The van der Waals surface area contributed by atoms with Gasteiger partial charge in [0.25, 0.3) is 0 Å². The fraction of sp³-hybridized carbons (Fsp3) is 0.375. The average molecular weight is 291 g/mol. The molecular formula is C16H18FNOS. The summed E-state index contributed by atoms with van der Waals surface area (Å²) in [6.45, 7) is 3.18. The molecule has 1 N–H and O–H groups in total. The van der Waals surface area contributed by atoms with Gasteiger partial charge in [0.2, 0.25) is 0 Å². The van der Waals surface area contributed by atoms with Crippen LogP contribution in [0.5, 0.6) is 5.75 Å². The van der Waals surface area contributed by atoms with Crippen LogP contribution in [0.2, 0.25) is 0 Å². The number of halogens is 1. The molecule has 106 valence electrons. The Labute approximate surface area is 122 Å². The van der Waals surface area contributed by atoms with Crippen LogP contribution >= 0.6 is 11.3 Å². The van der Waals surface area contributed by atoms with Crippen molar-refractivity contribution in [3.8, 4) is 5.75 Å². The first kappa shape index (κ1) is 13.6. The molecule has 1 saturated carbocycles. The van der Waals surface area contributed by atoms with E-state index in [0.717, 1.165) is 12.6 Å². The molecule has 1 aromatic carbocycles. The summed E-state index contributed by atoms with van der Waals surface area (Å²) in [5.74, 6) is 0.363. The van der Waals surface area contributed by atoms with Crippen molar-refractivity contribution in [3.63, 3.8) is 0 Å². The van der Waals surface area contributed by atoms with E-state index in [9.17, 15) is 4.39 Å². The van der Waals surface area contributed by atoms with E-state index in [1.165, 1.54) is 28.7 Å². The van der Waals surface area contributed by atoms with E-state index in [-0.39, 0.29) is 5.82 Å². The smallest absolute Gasteiger partial charge is 0.129 e. The van der Waals surface area contributed by atoms with Crippen LogP contribution in [0, 0.1) is 12.7 Å². The van der Waals surface area contributed by atoms with E-state index in [1.54, 1.807) is 24.3 Å². The second kappa shape index (κ2) is 5.94. The highest BCUT2D eigenvalue weighted by Crippen LogP contribution is 2.23. The van der Waals surface area contributed by atoms with Crippen molar-refractivity contribution in [1.82, 2.24) is 5.32 Å². The molecule has 1 aliphatic rings. The number of ether oxygens (including phenoxy) is 1. The minimum atomic E-state index is -0.219. The van der Waals surface area contributed by atoms with E-state index in [2.05, 4.69) is 17.4 Å². The predicted molar refractivity (Wildman–Crippen MR) is 79.6 cm³/mol. The molecule has 1 aromatic heterocycles. The average Bonchev–Trinajstić information content (AvgIpc) is 3.16. The van der Waals surface area contributed by atoms with Crippen molar-refractivity contribution < 1.29 is 9.13 Å². The molecule has 0 amide bonds. The number of aryl methyl sites for hydroxylation is 1. The minimum Gasteiger partial charge on any atom is -0.488 e. The van der Waals surface area contributed by atoms with Crippen LogP contribution in [0.4, 0.5) is 4.39 Å². The summed E-state index contributed by atoms with van der Waals surface area (Å²) < 4.78 is 19.0. The maximum atomic E-state index is 13.4. The van der Waals surface area contributed by atoms with Crippen LogP contribution in [0.3, 0.4) is 0 Å². The monoisotopic (exact) mass is 291 g/mol. The summed E-state index contributed by atoms with van der Waals surface area (Å²) in [4.78, 5) is 2.49. The number of thiophene rings is 1. The van der Waals surface area contributed by atoms with Crippen LogP contribution in [-0.4, -0.2) is 6.04 Å². The molecule has 0 spiro atoms. The zero-order valence-corrected chi connectivity index (χ0v) is 12.3. The van der Waals surface area contributed by atoms with Gasteiger partial charge in [-0.05, 0) is 43.5 Å². The zero-order valence-electron chi connectivity index (χ0n) is 11.5. The molecule has 2 nitrogen and oxygen atoms in total. The molecular weight excluding hydrogens is 273 g/mol. The fourth-order valence-electron chi connectivity index (χ4n) is 1.95. The highest BCUT2D eigenvalue weighted by molar-refractivity contribution is 7.11. The molecule has 0 atom stereocenters. The number of rotatable bonds is 6. The van der Waals surface area contributed by atoms with Gasteiger partial charge in [0.05, 0.1) is 0 Å². The quantitative estimate of drug-likeness (QED) is 0.867. The molecule has 2 aromatic rings. The molecule has 1 aliphatic carbocycles. The fourth-order valence-corrected chi connectivity index (χ4v) is 2.83. The van der Waals surface area contributed by atoms with Gasteiger partial charge in [0.1, 0.15) is 18.2 Å². The first-order valence-electron chi connectivity index (χ1n) is 6.90. The molecule has 1 fully saturated rings. The largest absolute Gasteiger partial charge is 0.488 e. The van der Waals surface area contributed by atoms with Crippen molar-refractivity contribution >= 4 is 11.3 Å². The third kappa shape index (κ3) is 3.58. The second-order valence-electron chi connectivity index (χ2n) is 5.22. The van der Waals surface area contributed by atoms with Crippen molar-refractivity contribution in [2.45, 2.75) is 39.0 Å². The maximum absolute atomic E-state index is 13.4. The van der Waals surface area contributed by atoms with Crippen LogP contribution < -0.4 is 10.1 Å². The number of nitrogens with one attached hydrogen (secondary N) is 1. The Morgan fingerprint density at radius 1 is 1.25 bits per heavy atom. The van der Waals surface area contributed by atoms with E-state index in [4.69, 9.17) is 4.74 Å². The van der Waals surface area contributed by atoms with Gasteiger partial charge in [0.15, 0.2) is 0 Å². The summed E-state index contributed by atoms with van der Waals surface area (Å²) in [5.41, 5.74) is 0.641. The summed E-state index contributed by atoms with van der Waals surface area (Å²) in [7, 11) is 0. The van der Waals surface area contributed by atoms with Gasteiger partial charge in [-0.25, -0.2) is 4.39 Å². The van der Waals surface area contributed by atoms with Crippen molar-refractivity contribution in [3.05, 3.63) is 51.5 Å². The van der Waals surface area contributed by atoms with E-state index in [1.807, 2.05) is 6.07 Å². The second-order valence-corrected chi connectivity index (χ2v) is 6.48. The summed E-state index contributed by atoms with van der Waals surface area (Å²) in [5, 5.41) is 3.49. The normalized spacial score (nSPS) is 14.5. The number of benzene rings is 1. The van der Waals surface area contributed by atoms with Crippen molar-refractivity contribution in [2.24, 2.45) is 0 Å². The van der Waals surface area contributed by atoms with E-state index in [0.29, 0.717) is 17.9 Å². The summed E-state index contributed by atoms with van der Waals surface area (Å²) >= 11 is 1.75. The molecule has 20 heavy (non-hydrogen) atoms. The molecule has 3 rings (SSSR count). The lowest BCUT2D eigenvalue weighted by Gasteiger charge is -2.05. The van der Waals surface area contributed by atoms with Crippen LogP contribution in [-0.2, 0) is 13.2 Å². The lowest BCUT2D eigenvalue weighted by atomic mass is 10.2. The lowest BCUT2D eigenvalue weighted by Crippen LogP contribution is -2.14. The molecule has 4 heteroatoms. The van der Waals surface area contributed by atoms with Crippen LogP contribution in [0.25, 0.3) is 0 Å². The van der Waals surface area contributed by atoms with Crippen molar-refractivity contribution in [2.75, 3.05) is 0 Å². The Morgan fingerprint density at radius 3 is 2.80 bits per heavy atom. The first-order valence-corrected chi connectivity index (χ1v) is 7.72. The Kier molecular flexibility index (Phi) is 4.03. The Bertz CT molecular complexity index is 592. The molecule has 0 saturated heterocycles. The Balaban J connectivity index is 1.53. The number of hydrogen-bond donors (Lipinski definition) is 1. The SMILES string of the molecule is Cc1ccc(OCc2ccc(CNC3CC3)s2)cc1F. The van der Waals surface area contributed by atoms with Crippen molar-refractivity contribution in [1.29, 1.82) is 0 Å². The highest BCUT2D eigenvalue weighted by atomic mass is 32.1. The topological polar surface area (TPSA) is 21.3 Å². The van der Waals surface area contributed by atoms with Gasteiger partial charge < -0.3 is 10.1 Å². The molecule has 0 bridgehead atoms. The third-order valence-electron chi connectivity index (χ3n) is 3.38. The minimum absolute atomic E-state index is 0.219. The van der Waals surface area contributed by atoms with Gasteiger partial charge in [-0.15, -0.1) is 11.3 Å². The molecule has 1 heterocycles. The Hall–Kier alpha value is -1.39. The van der Waals surface area contributed by atoms with Gasteiger partial charge >= 0.3 is 0 Å². The number of hydrogen-bond acceptors (Lipinski definition) is 3. The van der Waals surface area contributed by atoms with Gasteiger partial charge in [0, 0.05) is 28.4 Å². The standard InChI is InChI=1S/C16H18FNOS/c1-11-2-5-13(8-16(11)17)19-10-15-7-6-14(20-15)9-18-12-3-4-12/h2,5-8,12,18H,3-4,9-10H2,1H3. The van der Waals surface area contributed by atoms with E-state index >= 15 is 0 Å². The Morgan fingerprint density at radius 2 is 2.05 bits per heavy atom. The third-order valence-corrected chi connectivity index (χ3v) is 4.44. The van der Waals surface area contributed by atoms with Gasteiger partial charge in [-0.3, -0.25) is 0 Å². The first-order chi connectivity index (χ1) is 9.70. The van der Waals surface area contributed by atoms with Crippen LogP contribution in [0.15, 0.2) is 30.3 Å². The zero-order chi connectivity index (χ0) is 13.9. The lowest BCUT2D eigenvalue weighted by molar-refractivity contribution is 0.308. The van der Waals surface area contributed by atoms with E-state index < -0.39 is 0 Å². The molecule has 0 aliphatic heterocycles.